The Morgan fingerprint density at radius 2 is 2.29 bits per heavy atom. The first-order chi connectivity index (χ1) is 10.3. The molecule has 0 aliphatic heterocycles. The van der Waals surface area contributed by atoms with E-state index >= 15 is 0 Å². The summed E-state index contributed by atoms with van der Waals surface area (Å²) in [6.45, 7) is 2.18. The topological polar surface area (TPSA) is 57.2 Å². The van der Waals surface area contributed by atoms with Crippen LogP contribution < -0.4 is 5.43 Å². The zero-order valence-electron chi connectivity index (χ0n) is 12.4. The number of aromatic amines is 1. The number of carbonyl (C=O) groups excluding carboxylic acids is 1. The molecule has 0 radical (unpaired) electrons. The lowest BCUT2D eigenvalue weighted by atomic mass is 10.0. The highest BCUT2D eigenvalue weighted by atomic mass is 16.2. The molecule has 0 spiro atoms. The number of para-hydroxylation sites is 1. The van der Waals surface area contributed by atoms with Crippen LogP contribution in [0.1, 0.15) is 38.2 Å². The average Bonchev–Trinajstić information content (AvgIpc) is 3.12. The van der Waals surface area contributed by atoms with Gasteiger partial charge in [0, 0.05) is 22.8 Å². The van der Waals surface area contributed by atoms with Gasteiger partial charge < -0.3 is 4.98 Å². The predicted octanol–water partition coefficient (Wildman–Crippen LogP) is 3.39. The standard InChI is InChI=1S/C17H21N3O/c1-2-12-6-5-9-15(12)19-20-17(21)10-13-11-18-16-8-4-3-7-14(13)16/h3-4,7-8,11-12,18H,2,5-6,9-10H2,1H3,(H,20,21). The predicted molar refractivity (Wildman–Crippen MR) is 85.2 cm³/mol. The lowest BCUT2D eigenvalue weighted by Gasteiger charge is -2.07. The van der Waals surface area contributed by atoms with E-state index in [0.717, 1.165) is 35.0 Å². The first kappa shape index (κ1) is 13.9. The molecule has 4 nitrogen and oxygen atoms in total. The number of nitrogens with zero attached hydrogens (tertiary/aromatic N) is 1. The summed E-state index contributed by atoms with van der Waals surface area (Å²) in [5.74, 6) is 0.507. The van der Waals surface area contributed by atoms with E-state index in [9.17, 15) is 4.79 Å². The van der Waals surface area contributed by atoms with Crippen LogP contribution in [0.2, 0.25) is 0 Å². The van der Waals surface area contributed by atoms with Crippen molar-refractivity contribution in [1.29, 1.82) is 0 Å². The smallest absolute Gasteiger partial charge is 0.244 e. The van der Waals surface area contributed by atoms with Crippen molar-refractivity contribution in [2.24, 2.45) is 11.0 Å². The summed E-state index contributed by atoms with van der Waals surface area (Å²) in [6, 6.07) is 8.02. The van der Waals surface area contributed by atoms with Crippen LogP contribution in [0.5, 0.6) is 0 Å². The summed E-state index contributed by atoms with van der Waals surface area (Å²) in [4.78, 5) is 15.3. The maximum Gasteiger partial charge on any atom is 0.244 e. The largest absolute Gasteiger partial charge is 0.361 e. The van der Waals surface area contributed by atoms with Crippen molar-refractivity contribution in [2.75, 3.05) is 0 Å². The minimum atomic E-state index is -0.0472. The molecular weight excluding hydrogens is 262 g/mol. The molecule has 1 aromatic carbocycles. The van der Waals surface area contributed by atoms with Crippen molar-refractivity contribution in [1.82, 2.24) is 10.4 Å². The van der Waals surface area contributed by atoms with Crippen molar-refractivity contribution in [3.05, 3.63) is 36.0 Å². The summed E-state index contributed by atoms with van der Waals surface area (Å²) in [5.41, 5.74) is 5.96. The number of amides is 1. The molecule has 1 amide bonds. The van der Waals surface area contributed by atoms with Crippen LogP contribution in [0.4, 0.5) is 0 Å². The first-order valence-electron chi connectivity index (χ1n) is 7.68. The molecular formula is C17H21N3O. The second kappa shape index (κ2) is 6.12. The van der Waals surface area contributed by atoms with Gasteiger partial charge in [-0.3, -0.25) is 4.79 Å². The van der Waals surface area contributed by atoms with Gasteiger partial charge in [0.1, 0.15) is 0 Å². The zero-order chi connectivity index (χ0) is 14.7. The van der Waals surface area contributed by atoms with Gasteiger partial charge in [-0.25, -0.2) is 5.43 Å². The number of carbonyl (C=O) groups is 1. The molecule has 4 heteroatoms. The van der Waals surface area contributed by atoms with Gasteiger partial charge in [-0.15, -0.1) is 0 Å². The molecule has 0 bridgehead atoms. The highest BCUT2D eigenvalue weighted by Gasteiger charge is 2.21. The Bertz CT molecular complexity index is 671. The van der Waals surface area contributed by atoms with Crippen LogP contribution in [0.3, 0.4) is 0 Å². The van der Waals surface area contributed by atoms with Gasteiger partial charge in [0.25, 0.3) is 0 Å². The molecule has 1 aromatic heterocycles. The quantitative estimate of drug-likeness (QED) is 0.830. The van der Waals surface area contributed by atoms with Crippen molar-refractivity contribution in [3.63, 3.8) is 0 Å². The molecule has 3 rings (SSSR count). The first-order valence-corrected chi connectivity index (χ1v) is 7.68. The third-order valence-electron chi connectivity index (χ3n) is 4.30. The van der Waals surface area contributed by atoms with Gasteiger partial charge in [0.05, 0.1) is 6.42 Å². The summed E-state index contributed by atoms with van der Waals surface area (Å²) < 4.78 is 0. The summed E-state index contributed by atoms with van der Waals surface area (Å²) in [6.07, 6.45) is 6.78. The fourth-order valence-electron chi connectivity index (χ4n) is 3.11. The van der Waals surface area contributed by atoms with Gasteiger partial charge in [0.15, 0.2) is 0 Å². The van der Waals surface area contributed by atoms with Crippen molar-refractivity contribution < 1.29 is 4.79 Å². The number of benzene rings is 1. The van der Waals surface area contributed by atoms with E-state index < -0.39 is 0 Å². The molecule has 110 valence electrons. The van der Waals surface area contributed by atoms with Crippen LogP contribution in [-0.4, -0.2) is 16.6 Å². The van der Waals surface area contributed by atoms with E-state index in [1.165, 1.54) is 12.8 Å². The number of fused-ring (bicyclic) bond motifs is 1. The number of H-pyrrole nitrogens is 1. The SMILES string of the molecule is CCC1CCCC1=NNC(=O)Cc1c[nH]c2ccccc12. The highest BCUT2D eigenvalue weighted by molar-refractivity contribution is 5.91. The normalized spacial score (nSPS) is 20.2. The van der Waals surface area contributed by atoms with Crippen molar-refractivity contribution >= 4 is 22.5 Å². The number of nitrogens with one attached hydrogen (secondary N) is 2. The van der Waals surface area contributed by atoms with Crippen LogP contribution in [0.25, 0.3) is 10.9 Å². The van der Waals surface area contributed by atoms with Gasteiger partial charge in [-0.2, -0.15) is 5.10 Å². The summed E-state index contributed by atoms with van der Waals surface area (Å²) in [7, 11) is 0. The van der Waals surface area contributed by atoms with E-state index in [1.54, 1.807) is 0 Å². The van der Waals surface area contributed by atoms with Crippen LogP contribution in [0, 0.1) is 5.92 Å². The Kier molecular flexibility index (Phi) is 4.04. The Labute approximate surface area is 124 Å². The van der Waals surface area contributed by atoms with E-state index in [2.05, 4.69) is 22.4 Å². The van der Waals surface area contributed by atoms with E-state index in [4.69, 9.17) is 0 Å². The Hall–Kier alpha value is -2.10. The third kappa shape index (κ3) is 2.99. The minimum absolute atomic E-state index is 0.0472. The fraction of sp³-hybridized carbons (Fsp3) is 0.412. The van der Waals surface area contributed by atoms with Crippen molar-refractivity contribution in [3.8, 4) is 0 Å². The second-order valence-corrected chi connectivity index (χ2v) is 5.67. The summed E-state index contributed by atoms with van der Waals surface area (Å²) >= 11 is 0. The maximum absolute atomic E-state index is 12.1. The molecule has 2 aromatic rings. The molecule has 1 aliphatic carbocycles. The van der Waals surface area contributed by atoms with Gasteiger partial charge >= 0.3 is 0 Å². The molecule has 1 heterocycles. The molecule has 1 saturated carbocycles. The summed E-state index contributed by atoms with van der Waals surface area (Å²) in [5, 5.41) is 5.45. The van der Waals surface area contributed by atoms with E-state index in [-0.39, 0.29) is 5.91 Å². The number of hydrogen-bond acceptors (Lipinski definition) is 2. The lowest BCUT2D eigenvalue weighted by molar-refractivity contribution is -0.120. The van der Waals surface area contributed by atoms with Crippen LogP contribution >= 0.6 is 0 Å². The van der Waals surface area contributed by atoms with Crippen LogP contribution in [-0.2, 0) is 11.2 Å². The molecule has 1 aliphatic rings. The molecule has 2 N–H and O–H groups in total. The average molecular weight is 283 g/mol. The molecule has 0 saturated heterocycles. The Morgan fingerprint density at radius 3 is 3.14 bits per heavy atom. The highest BCUT2D eigenvalue weighted by Crippen LogP contribution is 2.25. The third-order valence-corrected chi connectivity index (χ3v) is 4.30. The Balaban J connectivity index is 1.65. The van der Waals surface area contributed by atoms with E-state index in [0.29, 0.717) is 12.3 Å². The van der Waals surface area contributed by atoms with Crippen LogP contribution in [0.15, 0.2) is 35.6 Å². The second-order valence-electron chi connectivity index (χ2n) is 5.67. The molecule has 1 fully saturated rings. The van der Waals surface area contributed by atoms with Gasteiger partial charge in [-0.1, -0.05) is 25.1 Å². The monoisotopic (exact) mass is 283 g/mol. The van der Waals surface area contributed by atoms with E-state index in [1.807, 2.05) is 30.5 Å². The molecule has 1 unspecified atom stereocenters. The van der Waals surface area contributed by atoms with Crippen molar-refractivity contribution in [2.45, 2.75) is 39.0 Å². The van der Waals surface area contributed by atoms with Gasteiger partial charge in [0.2, 0.25) is 5.91 Å². The number of aromatic nitrogens is 1. The lowest BCUT2D eigenvalue weighted by Crippen LogP contribution is -2.22. The number of hydrazone groups is 1. The minimum Gasteiger partial charge on any atom is -0.361 e. The number of rotatable bonds is 4. The molecule has 21 heavy (non-hydrogen) atoms. The number of hydrogen-bond donors (Lipinski definition) is 2. The fourth-order valence-corrected chi connectivity index (χ4v) is 3.11. The van der Waals surface area contributed by atoms with Gasteiger partial charge in [-0.05, 0) is 43.2 Å². The maximum atomic E-state index is 12.1. The zero-order valence-corrected chi connectivity index (χ0v) is 12.4. The Morgan fingerprint density at radius 1 is 1.43 bits per heavy atom. The molecule has 1 atom stereocenters.